The zero-order chi connectivity index (χ0) is 17.4. The molecule has 5 heteroatoms. The standard InChI is InChI=1S/C20H15NO3S/c1-24-13-10-11-15(14(12-13)20(22)23)21-16-6-2-4-8-18(16)25-19-9-5-3-7-17(19)21/h2-12H,1H3,(H,22,23). The molecule has 0 bridgehead atoms. The zero-order valence-corrected chi connectivity index (χ0v) is 14.3. The Morgan fingerprint density at radius 1 is 0.920 bits per heavy atom. The normalized spacial score (nSPS) is 12.3. The third-order valence-corrected chi connectivity index (χ3v) is 5.24. The van der Waals surface area contributed by atoms with Crippen LogP contribution in [-0.4, -0.2) is 18.2 Å². The number of carboxylic acids is 1. The van der Waals surface area contributed by atoms with Crippen LogP contribution >= 0.6 is 11.8 Å². The predicted molar refractivity (Wildman–Crippen MR) is 98.8 cm³/mol. The average molecular weight is 349 g/mol. The Hall–Kier alpha value is -2.92. The smallest absolute Gasteiger partial charge is 0.337 e. The van der Waals surface area contributed by atoms with Crippen LogP contribution in [0.5, 0.6) is 5.75 Å². The van der Waals surface area contributed by atoms with Gasteiger partial charge < -0.3 is 14.7 Å². The van der Waals surface area contributed by atoms with Crippen molar-refractivity contribution in [2.24, 2.45) is 0 Å². The number of carboxylic acid groups (broad SMARTS) is 1. The molecular formula is C20H15NO3S. The first-order chi connectivity index (χ1) is 12.2. The van der Waals surface area contributed by atoms with Crippen LogP contribution in [0.25, 0.3) is 0 Å². The summed E-state index contributed by atoms with van der Waals surface area (Å²) < 4.78 is 5.20. The minimum absolute atomic E-state index is 0.204. The highest BCUT2D eigenvalue weighted by molar-refractivity contribution is 7.99. The maximum absolute atomic E-state index is 11.9. The van der Waals surface area contributed by atoms with Gasteiger partial charge in [-0.25, -0.2) is 4.79 Å². The summed E-state index contributed by atoms with van der Waals surface area (Å²) in [5.41, 5.74) is 2.77. The zero-order valence-electron chi connectivity index (χ0n) is 13.5. The second-order valence-electron chi connectivity index (χ2n) is 5.56. The third kappa shape index (κ3) is 2.62. The lowest BCUT2D eigenvalue weighted by Crippen LogP contribution is -2.17. The van der Waals surface area contributed by atoms with Crippen LogP contribution < -0.4 is 9.64 Å². The molecule has 1 aliphatic rings. The first kappa shape index (κ1) is 15.6. The van der Waals surface area contributed by atoms with Crippen molar-refractivity contribution < 1.29 is 14.6 Å². The molecule has 4 rings (SSSR count). The van der Waals surface area contributed by atoms with Crippen molar-refractivity contribution >= 4 is 34.8 Å². The van der Waals surface area contributed by atoms with Crippen molar-refractivity contribution in [2.45, 2.75) is 9.79 Å². The van der Waals surface area contributed by atoms with Crippen molar-refractivity contribution in [1.82, 2.24) is 0 Å². The van der Waals surface area contributed by atoms with E-state index in [0.717, 1.165) is 21.2 Å². The van der Waals surface area contributed by atoms with E-state index in [-0.39, 0.29) is 5.56 Å². The van der Waals surface area contributed by atoms with Gasteiger partial charge in [0.1, 0.15) is 5.75 Å². The Balaban J connectivity index is 1.99. The van der Waals surface area contributed by atoms with Crippen LogP contribution in [0.15, 0.2) is 76.5 Å². The van der Waals surface area contributed by atoms with Gasteiger partial charge in [-0.15, -0.1) is 0 Å². The second-order valence-corrected chi connectivity index (χ2v) is 6.64. The van der Waals surface area contributed by atoms with Gasteiger partial charge in [0.25, 0.3) is 0 Å². The topological polar surface area (TPSA) is 49.8 Å². The van der Waals surface area contributed by atoms with Gasteiger partial charge in [-0.1, -0.05) is 36.0 Å². The molecule has 1 aliphatic heterocycles. The van der Waals surface area contributed by atoms with Crippen molar-refractivity contribution in [3.8, 4) is 5.75 Å². The number of aromatic carboxylic acids is 1. The molecule has 1 N–H and O–H groups in total. The van der Waals surface area contributed by atoms with Gasteiger partial charge >= 0.3 is 5.97 Å². The van der Waals surface area contributed by atoms with E-state index < -0.39 is 5.97 Å². The minimum Gasteiger partial charge on any atom is -0.497 e. The molecule has 1 heterocycles. The summed E-state index contributed by atoms with van der Waals surface area (Å²) >= 11 is 1.69. The quantitative estimate of drug-likeness (QED) is 0.542. The summed E-state index contributed by atoms with van der Waals surface area (Å²) in [5, 5.41) is 9.72. The predicted octanol–water partition coefficient (Wildman–Crippen LogP) is 5.33. The molecule has 0 aromatic heterocycles. The highest BCUT2D eigenvalue weighted by Crippen LogP contribution is 2.51. The number of fused-ring (bicyclic) bond motifs is 2. The molecule has 0 fully saturated rings. The van der Waals surface area contributed by atoms with Crippen molar-refractivity contribution in [3.05, 3.63) is 72.3 Å². The van der Waals surface area contributed by atoms with Gasteiger partial charge in [0.2, 0.25) is 0 Å². The van der Waals surface area contributed by atoms with Crippen LogP contribution in [-0.2, 0) is 0 Å². The second kappa shape index (κ2) is 6.18. The van der Waals surface area contributed by atoms with E-state index in [9.17, 15) is 9.90 Å². The number of para-hydroxylation sites is 2. The fourth-order valence-electron chi connectivity index (χ4n) is 2.97. The molecule has 124 valence electrons. The van der Waals surface area contributed by atoms with Gasteiger partial charge in [-0.3, -0.25) is 0 Å². The van der Waals surface area contributed by atoms with E-state index in [1.54, 1.807) is 30.0 Å². The molecular weight excluding hydrogens is 334 g/mol. The molecule has 0 saturated heterocycles. The van der Waals surface area contributed by atoms with E-state index in [1.165, 1.54) is 7.11 Å². The SMILES string of the molecule is COc1ccc(N2c3ccccc3Sc3ccccc32)c(C(=O)O)c1. The highest BCUT2D eigenvalue weighted by Gasteiger charge is 2.27. The Morgan fingerprint density at radius 3 is 2.08 bits per heavy atom. The van der Waals surface area contributed by atoms with E-state index >= 15 is 0 Å². The minimum atomic E-state index is -0.984. The van der Waals surface area contributed by atoms with Crippen LogP contribution in [0.2, 0.25) is 0 Å². The molecule has 3 aromatic carbocycles. The molecule has 4 nitrogen and oxygen atoms in total. The monoisotopic (exact) mass is 349 g/mol. The number of nitrogens with zero attached hydrogens (tertiary/aromatic N) is 1. The molecule has 0 aliphatic carbocycles. The number of rotatable bonds is 3. The summed E-state index contributed by atoms with van der Waals surface area (Å²) in [6, 6.07) is 21.2. The maximum atomic E-state index is 11.9. The first-order valence-electron chi connectivity index (χ1n) is 7.76. The van der Waals surface area contributed by atoms with Gasteiger partial charge in [0, 0.05) is 9.79 Å². The fraction of sp³-hybridized carbons (Fsp3) is 0.0500. The number of carbonyl (C=O) groups is 1. The van der Waals surface area contributed by atoms with Crippen molar-refractivity contribution in [3.63, 3.8) is 0 Å². The number of ether oxygens (including phenoxy) is 1. The number of methoxy groups -OCH3 is 1. The largest absolute Gasteiger partial charge is 0.497 e. The van der Waals surface area contributed by atoms with Gasteiger partial charge in [-0.05, 0) is 42.5 Å². The summed E-state index contributed by atoms with van der Waals surface area (Å²) in [6.07, 6.45) is 0. The lowest BCUT2D eigenvalue weighted by atomic mass is 10.1. The fourth-order valence-corrected chi connectivity index (χ4v) is 4.03. The molecule has 0 spiro atoms. The summed E-state index contributed by atoms with van der Waals surface area (Å²) in [6.45, 7) is 0. The van der Waals surface area contributed by atoms with Crippen LogP contribution in [0.1, 0.15) is 10.4 Å². The van der Waals surface area contributed by atoms with Crippen molar-refractivity contribution in [2.75, 3.05) is 12.0 Å². The summed E-state index contributed by atoms with van der Waals surface area (Å²) in [5.74, 6) is -0.462. The van der Waals surface area contributed by atoms with E-state index in [2.05, 4.69) is 0 Å². The van der Waals surface area contributed by atoms with Crippen LogP contribution in [0, 0.1) is 0 Å². The molecule has 0 atom stereocenters. The van der Waals surface area contributed by atoms with Gasteiger partial charge in [-0.2, -0.15) is 0 Å². The van der Waals surface area contributed by atoms with Crippen LogP contribution in [0.4, 0.5) is 17.1 Å². The number of hydrogen-bond acceptors (Lipinski definition) is 4. The number of hydrogen-bond donors (Lipinski definition) is 1. The van der Waals surface area contributed by atoms with E-state index in [0.29, 0.717) is 11.4 Å². The number of anilines is 3. The van der Waals surface area contributed by atoms with Gasteiger partial charge in [0.15, 0.2) is 0 Å². The molecule has 0 radical (unpaired) electrons. The molecule has 0 saturated carbocycles. The Labute approximate surface area is 149 Å². The maximum Gasteiger partial charge on any atom is 0.337 e. The summed E-state index contributed by atoms with van der Waals surface area (Å²) in [7, 11) is 1.53. The van der Waals surface area contributed by atoms with Crippen LogP contribution in [0.3, 0.4) is 0 Å². The summed E-state index contributed by atoms with van der Waals surface area (Å²) in [4.78, 5) is 16.1. The number of benzene rings is 3. The van der Waals surface area contributed by atoms with Gasteiger partial charge in [0.05, 0.1) is 29.7 Å². The average Bonchev–Trinajstić information content (AvgIpc) is 2.65. The molecule has 0 unspecified atom stereocenters. The lowest BCUT2D eigenvalue weighted by Gasteiger charge is -2.33. The third-order valence-electron chi connectivity index (χ3n) is 4.11. The highest BCUT2D eigenvalue weighted by atomic mass is 32.2. The Kier molecular flexibility index (Phi) is 3.86. The Morgan fingerprint density at radius 2 is 1.52 bits per heavy atom. The molecule has 0 amide bonds. The van der Waals surface area contributed by atoms with E-state index in [1.807, 2.05) is 53.4 Å². The first-order valence-corrected chi connectivity index (χ1v) is 8.58. The molecule has 25 heavy (non-hydrogen) atoms. The Bertz CT molecular complexity index is 925. The lowest BCUT2D eigenvalue weighted by molar-refractivity contribution is 0.0697. The molecule has 3 aromatic rings. The van der Waals surface area contributed by atoms with E-state index in [4.69, 9.17) is 4.74 Å². The van der Waals surface area contributed by atoms with Crippen molar-refractivity contribution in [1.29, 1.82) is 0 Å².